The zero-order valence-electron chi connectivity index (χ0n) is 39.9. The van der Waals surface area contributed by atoms with Crippen LogP contribution in [0.4, 0.5) is 0 Å². The van der Waals surface area contributed by atoms with E-state index in [0.717, 1.165) is 30.8 Å². The first-order valence-corrected chi connectivity index (χ1v) is 20.4. The monoisotopic (exact) mass is 816 g/mol. The van der Waals surface area contributed by atoms with E-state index < -0.39 is 0 Å². The van der Waals surface area contributed by atoms with Gasteiger partial charge in [-0.25, -0.2) is 0 Å². The molecular weight excluding hydrogens is 723 g/mol. The standard InChI is InChI=1S/C20H27NO2.C8H19NO2.C7H15N.C7H13N.C6H15N.CH4/c1-20(2,3)21-14-19(22-15-17-10-6-4-7-11-17)23-16-18-12-8-5-9-13-18;1-8(2,3)9-6-7(10-4)11-5;2*1-5-6-8-7(2,3)4;1-5-7-6(2,3)4;/h4-13,19,21H,14-16H2,1-3H3;7,9H,6H2,1-5H3;5,8H,1,6H2,2-4H3;1,8H,6H2,2-4H3;7H,5H2,1-4H3;1H4. The Balaban J connectivity index is -0.000000350. The fourth-order valence-corrected chi connectivity index (χ4v) is 3.96. The van der Waals surface area contributed by atoms with Gasteiger partial charge in [0.2, 0.25) is 0 Å². The van der Waals surface area contributed by atoms with Crippen molar-refractivity contribution in [2.45, 2.75) is 172 Å². The summed E-state index contributed by atoms with van der Waals surface area (Å²) in [4.78, 5) is 0. The number of hydrogen-bond acceptors (Lipinski definition) is 9. The normalized spacial score (nSPS) is 11.6. The van der Waals surface area contributed by atoms with Gasteiger partial charge in [-0.1, -0.05) is 87.0 Å². The van der Waals surface area contributed by atoms with Crippen LogP contribution in [0.5, 0.6) is 0 Å². The minimum absolute atomic E-state index is 0. The molecule has 9 heteroatoms. The van der Waals surface area contributed by atoms with Gasteiger partial charge in [0.05, 0.1) is 19.8 Å². The molecule has 0 aliphatic rings. The lowest BCUT2D eigenvalue weighted by molar-refractivity contribution is -0.155. The first kappa shape index (κ1) is 62.0. The number of terminal acetylenes is 1. The van der Waals surface area contributed by atoms with Crippen LogP contribution >= 0.6 is 0 Å². The molecule has 2 aromatic rings. The van der Waals surface area contributed by atoms with Gasteiger partial charge in [0.15, 0.2) is 12.6 Å². The van der Waals surface area contributed by atoms with Crippen LogP contribution in [0.2, 0.25) is 0 Å². The maximum absolute atomic E-state index is 5.96. The lowest BCUT2D eigenvalue weighted by Crippen LogP contribution is -2.42. The minimum atomic E-state index is -0.283. The van der Waals surface area contributed by atoms with Crippen LogP contribution in [0.1, 0.15) is 129 Å². The van der Waals surface area contributed by atoms with E-state index in [4.69, 9.17) is 25.4 Å². The molecule has 0 bridgehead atoms. The molecule has 0 spiro atoms. The zero-order chi connectivity index (χ0) is 44.6. The number of methoxy groups -OCH3 is 2. The minimum Gasteiger partial charge on any atom is -0.355 e. The topological polar surface area (TPSA) is 97.1 Å². The van der Waals surface area contributed by atoms with Crippen molar-refractivity contribution in [1.82, 2.24) is 26.6 Å². The van der Waals surface area contributed by atoms with Crippen LogP contribution in [0.3, 0.4) is 0 Å². The average molecular weight is 816 g/mol. The smallest absolute Gasteiger partial charge is 0.170 e. The summed E-state index contributed by atoms with van der Waals surface area (Å²) >= 11 is 0. The van der Waals surface area contributed by atoms with Gasteiger partial charge >= 0.3 is 0 Å². The maximum atomic E-state index is 5.96. The number of nitrogens with one attached hydrogen (secondary N) is 5. The third kappa shape index (κ3) is 51.4. The Bertz CT molecular complexity index is 1190. The van der Waals surface area contributed by atoms with Gasteiger partial charge in [-0.15, -0.1) is 13.0 Å². The van der Waals surface area contributed by atoms with Gasteiger partial charge in [0.1, 0.15) is 0 Å². The van der Waals surface area contributed by atoms with E-state index in [9.17, 15) is 0 Å². The van der Waals surface area contributed by atoms with Gasteiger partial charge in [0, 0.05) is 61.5 Å². The summed E-state index contributed by atoms with van der Waals surface area (Å²) < 4.78 is 21.9. The molecule has 0 unspecified atom stereocenters. The summed E-state index contributed by atoms with van der Waals surface area (Å²) in [6.07, 6.45) is 6.46. The first-order valence-electron chi connectivity index (χ1n) is 20.4. The molecule has 9 nitrogen and oxygen atoms in total. The van der Waals surface area contributed by atoms with Crippen molar-refractivity contribution in [2.24, 2.45) is 0 Å². The van der Waals surface area contributed by atoms with Crippen molar-refractivity contribution in [3.8, 4) is 12.3 Å². The van der Waals surface area contributed by atoms with Crippen LogP contribution < -0.4 is 26.6 Å². The molecule has 2 aromatic carbocycles. The van der Waals surface area contributed by atoms with E-state index in [1.807, 2.05) is 42.5 Å². The molecule has 0 heterocycles. The summed E-state index contributed by atoms with van der Waals surface area (Å²) in [6, 6.07) is 20.3. The molecule has 0 aliphatic carbocycles. The van der Waals surface area contributed by atoms with Crippen LogP contribution in [-0.2, 0) is 32.2 Å². The second-order valence-electron chi connectivity index (χ2n) is 18.7. The predicted molar refractivity (Wildman–Crippen MR) is 254 cm³/mol. The molecule has 0 saturated heterocycles. The summed E-state index contributed by atoms with van der Waals surface area (Å²) in [5.41, 5.74) is 3.14. The highest BCUT2D eigenvalue weighted by Crippen LogP contribution is 2.09. The molecule has 338 valence electrons. The lowest BCUT2D eigenvalue weighted by Gasteiger charge is -2.25. The largest absolute Gasteiger partial charge is 0.355 e. The third-order valence-corrected chi connectivity index (χ3v) is 6.89. The van der Waals surface area contributed by atoms with E-state index in [-0.39, 0.29) is 42.2 Å². The summed E-state index contributed by atoms with van der Waals surface area (Å²) in [5.74, 6) is 2.51. The third-order valence-electron chi connectivity index (χ3n) is 6.89. The van der Waals surface area contributed by atoms with Gasteiger partial charge in [-0.05, 0) is 122 Å². The molecule has 0 aromatic heterocycles. The zero-order valence-corrected chi connectivity index (χ0v) is 39.9. The van der Waals surface area contributed by atoms with Crippen LogP contribution in [0.25, 0.3) is 0 Å². The molecule has 0 amide bonds. The van der Waals surface area contributed by atoms with Crippen LogP contribution in [0, 0.1) is 12.3 Å². The van der Waals surface area contributed by atoms with Gasteiger partial charge in [-0.3, -0.25) is 0 Å². The lowest BCUT2D eigenvalue weighted by atomic mass is 10.1. The molecule has 0 fully saturated rings. The highest BCUT2D eigenvalue weighted by Gasteiger charge is 2.16. The quantitative estimate of drug-likeness (QED) is 0.0645. The Morgan fingerprint density at radius 2 is 0.914 bits per heavy atom. The molecule has 2 rings (SSSR count). The Morgan fingerprint density at radius 3 is 1.14 bits per heavy atom. The number of hydrogen-bond donors (Lipinski definition) is 5. The summed E-state index contributed by atoms with van der Waals surface area (Å²) in [7, 11) is 3.27. The maximum Gasteiger partial charge on any atom is 0.170 e. The Kier molecular flexibility index (Phi) is 36.5. The van der Waals surface area contributed by atoms with Gasteiger partial charge in [0.25, 0.3) is 0 Å². The second-order valence-corrected chi connectivity index (χ2v) is 18.7. The Hall–Kier alpha value is -2.62. The predicted octanol–water partition coefficient (Wildman–Crippen LogP) is 9.73. The van der Waals surface area contributed by atoms with Crippen LogP contribution in [-0.4, -0.2) is 87.2 Å². The molecule has 0 atom stereocenters. The van der Waals surface area contributed by atoms with E-state index >= 15 is 0 Å². The summed E-state index contributed by atoms with van der Waals surface area (Å²) in [5, 5.41) is 16.4. The Labute approximate surface area is 360 Å². The van der Waals surface area contributed by atoms with Crippen molar-refractivity contribution in [1.29, 1.82) is 0 Å². The molecule has 58 heavy (non-hydrogen) atoms. The van der Waals surface area contributed by atoms with E-state index in [1.54, 1.807) is 14.2 Å². The van der Waals surface area contributed by atoms with E-state index in [1.165, 1.54) is 0 Å². The number of ether oxygens (including phenoxy) is 4. The first-order chi connectivity index (χ1) is 26.2. The SMILES string of the molecule is C.C#CCNC(C)(C)C.C=CCNC(C)(C)C.CC(C)(C)NCC(OCc1ccccc1)OCc1ccccc1.CCNC(C)(C)C.COC(CNC(C)(C)C)OC. The van der Waals surface area contributed by atoms with Gasteiger partial charge in [-0.2, -0.15) is 0 Å². The fourth-order valence-electron chi connectivity index (χ4n) is 3.96. The molecular formula is C49H93N5O4. The second kappa shape index (κ2) is 34.1. The number of benzene rings is 2. The Morgan fingerprint density at radius 1 is 0.569 bits per heavy atom. The molecule has 0 radical (unpaired) electrons. The number of rotatable bonds is 16. The highest BCUT2D eigenvalue weighted by atomic mass is 16.7. The van der Waals surface area contributed by atoms with Crippen LogP contribution in [0.15, 0.2) is 73.3 Å². The van der Waals surface area contributed by atoms with E-state index in [2.05, 4.69) is 174 Å². The molecule has 0 aliphatic heterocycles. The van der Waals surface area contributed by atoms with Crippen molar-refractivity contribution >= 4 is 0 Å². The van der Waals surface area contributed by atoms with Crippen molar-refractivity contribution < 1.29 is 18.9 Å². The van der Waals surface area contributed by atoms with Gasteiger partial charge < -0.3 is 45.5 Å². The average Bonchev–Trinajstić information content (AvgIpc) is 3.10. The van der Waals surface area contributed by atoms with E-state index in [0.29, 0.717) is 31.8 Å². The summed E-state index contributed by atoms with van der Waals surface area (Å²) in [6.45, 7) is 42.7. The molecule has 0 saturated carbocycles. The van der Waals surface area contributed by atoms with Crippen molar-refractivity contribution in [3.63, 3.8) is 0 Å². The fraction of sp³-hybridized carbons (Fsp3) is 0.673. The van der Waals surface area contributed by atoms with Crippen molar-refractivity contribution in [3.05, 3.63) is 84.4 Å². The molecule has 5 N–H and O–H groups in total. The van der Waals surface area contributed by atoms with Crippen molar-refractivity contribution in [2.75, 3.05) is 46.9 Å². The highest BCUT2D eigenvalue weighted by molar-refractivity contribution is 5.14.